The second kappa shape index (κ2) is 5.82. The Kier molecular flexibility index (Phi) is 4.71. The van der Waals surface area contributed by atoms with Crippen LogP contribution >= 0.6 is 11.6 Å². The molecule has 1 amide bonds. The van der Waals surface area contributed by atoms with Gasteiger partial charge in [-0.2, -0.15) is 0 Å². The molecule has 1 heterocycles. The zero-order valence-electron chi connectivity index (χ0n) is 9.40. The van der Waals surface area contributed by atoms with Crippen molar-refractivity contribution in [3.8, 4) is 0 Å². The highest BCUT2D eigenvalue weighted by atomic mass is 35.5. The highest BCUT2D eigenvalue weighted by Crippen LogP contribution is 2.12. The molecular formula is C11H16ClN3O. The molecule has 0 fully saturated rings. The van der Waals surface area contributed by atoms with Crippen molar-refractivity contribution in [2.24, 2.45) is 11.7 Å². The average molecular weight is 242 g/mol. The van der Waals surface area contributed by atoms with Gasteiger partial charge < -0.3 is 11.1 Å². The first-order valence-corrected chi connectivity index (χ1v) is 5.55. The number of pyridine rings is 1. The molecule has 1 aromatic rings. The van der Waals surface area contributed by atoms with Crippen LogP contribution in [0.2, 0.25) is 5.15 Å². The molecule has 0 saturated heterocycles. The van der Waals surface area contributed by atoms with Gasteiger partial charge in [0.2, 0.25) is 5.91 Å². The van der Waals surface area contributed by atoms with Crippen molar-refractivity contribution in [2.45, 2.75) is 26.3 Å². The van der Waals surface area contributed by atoms with Crippen molar-refractivity contribution in [3.63, 3.8) is 0 Å². The van der Waals surface area contributed by atoms with E-state index < -0.39 is 6.04 Å². The second-order valence-corrected chi connectivity index (χ2v) is 4.48. The fourth-order valence-corrected chi connectivity index (χ4v) is 1.50. The predicted molar refractivity (Wildman–Crippen MR) is 65.3 cm³/mol. The first-order chi connectivity index (χ1) is 7.49. The van der Waals surface area contributed by atoms with Gasteiger partial charge in [0.25, 0.3) is 0 Å². The van der Waals surface area contributed by atoms with Crippen LogP contribution in [0.1, 0.15) is 20.3 Å². The van der Waals surface area contributed by atoms with E-state index in [1.807, 2.05) is 13.8 Å². The standard InChI is InChI=1S/C11H16ClN3O/c1-7(2)5-9(13)11(16)15-8-3-4-14-10(12)6-8/h3-4,6-7,9H,5,13H2,1-2H3,(H,14,15,16)/t9-/m1/s1. The van der Waals surface area contributed by atoms with Gasteiger partial charge in [-0.1, -0.05) is 25.4 Å². The minimum Gasteiger partial charge on any atom is -0.325 e. The lowest BCUT2D eigenvalue weighted by molar-refractivity contribution is -0.117. The summed E-state index contributed by atoms with van der Waals surface area (Å²) in [6.45, 7) is 4.05. The number of aromatic nitrogens is 1. The van der Waals surface area contributed by atoms with Gasteiger partial charge >= 0.3 is 0 Å². The van der Waals surface area contributed by atoms with Crippen LogP contribution in [-0.2, 0) is 4.79 Å². The van der Waals surface area contributed by atoms with E-state index in [-0.39, 0.29) is 5.91 Å². The third-order valence-corrected chi connectivity index (χ3v) is 2.26. The Labute approximate surface area is 100 Å². The number of halogens is 1. The number of carbonyl (C=O) groups is 1. The summed E-state index contributed by atoms with van der Waals surface area (Å²) in [4.78, 5) is 15.5. The predicted octanol–water partition coefficient (Wildman–Crippen LogP) is 2.05. The number of nitrogens with two attached hydrogens (primary N) is 1. The quantitative estimate of drug-likeness (QED) is 0.793. The topological polar surface area (TPSA) is 68.0 Å². The normalized spacial score (nSPS) is 12.6. The van der Waals surface area contributed by atoms with E-state index in [1.54, 1.807) is 12.1 Å². The summed E-state index contributed by atoms with van der Waals surface area (Å²) >= 11 is 5.70. The molecule has 0 aliphatic heterocycles. The van der Waals surface area contributed by atoms with Crippen molar-refractivity contribution in [1.29, 1.82) is 0 Å². The summed E-state index contributed by atoms with van der Waals surface area (Å²) in [5.74, 6) is 0.192. The molecule has 0 bridgehead atoms. The van der Waals surface area contributed by atoms with Crippen LogP contribution in [0.3, 0.4) is 0 Å². The van der Waals surface area contributed by atoms with Gasteiger partial charge in [0.1, 0.15) is 5.15 Å². The lowest BCUT2D eigenvalue weighted by atomic mass is 10.0. The molecule has 5 heteroatoms. The maximum Gasteiger partial charge on any atom is 0.241 e. The molecule has 88 valence electrons. The monoisotopic (exact) mass is 241 g/mol. The van der Waals surface area contributed by atoms with Crippen LogP contribution < -0.4 is 11.1 Å². The van der Waals surface area contributed by atoms with Crippen LogP contribution in [0.5, 0.6) is 0 Å². The Hall–Kier alpha value is -1.13. The zero-order chi connectivity index (χ0) is 12.1. The molecule has 0 saturated carbocycles. The van der Waals surface area contributed by atoms with E-state index in [9.17, 15) is 4.79 Å². The van der Waals surface area contributed by atoms with Crippen molar-refractivity contribution >= 4 is 23.2 Å². The smallest absolute Gasteiger partial charge is 0.241 e. The molecule has 1 atom stereocenters. The van der Waals surface area contributed by atoms with E-state index in [1.165, 1.54) is 6.20 Å². The number of amides is 1. The van der Waals surface area contributed by atoms with E-state index in [0.717, 1.165) is 0 Å². The van der Waals surface area contributed by atoms with Crippen LogP contribution in [0.4, 0.5) is 5.69 Å². The number of hydrogen-bond donors (Lipinski definition) is 2. The van der Waals surface area contributed by atoms with Crippen LogP contribution in [0, 0.1) is 5.92 Å². The van der Waals surface area contributed by atoms with E-state index in [4.69, 9.17) is 17.3 Å². The van der Waals surface area contributed by atoms with Crippen LogP contribution in [0.15, 0.2) is 18.3 Å². The lowest BCUT2D eigenvalue weighted by Crippen LogP contribution is -2.36. The number of nitrogens with zero attached hydrogens (tertiary/aromatic N) is 1. The molecule has 0 aliphatic carbocycles. The lowest BCUT2D eigenvalue weighted by Gasteiger charge is -2.14. The fourth-order valence-electron chi connectivity index (χ4n) is 1.33. The Balaban J connectivity index is 2.57. The molecule has 16 heavy (non-hydrogen) atoms. The maximum atomic E-state index is 11.7. The zero-order valence-corrected chi connectivity index (χ0v) is 10.2. The molecule has 0 spiro atoms. The van der Waals surface area contributed by atoms with Crippen molar-refractivity contribution in [1.82, 2.24) is 4.98 Å². The fraction of sp³-hybridized carbons (Fsp3) is 0.455. The summed E-state index contributed by atoms with van der Waals surface area (Å²) in [5.41, 5.74) is 6.36. The Morgan fingerprint density at radius 2 is 2.31 bits per heavy atom. The van der Waals surface area contributed by atoms with Crippen molar-refractivity contribution in [2.75, 3.05) is 5.32 Å². The minimum atomic E-state index is -0.494. The minimum absolute atomic E-state index is 0.198. The molecule has 0 aromatic carbocycles. The van der Waals surface area contributed by atoms with Gasteiger partial charge in [0.15, 0.2) is 0 Å². The van der Waals surface area contributed by atoms with E-state index in [0.29, 0.717) is 23.2 Å². The molecule has 1 rings (SSSR count). The summed E-state index contributed by atoms with van der Waals surface area (Å²) in [6, 6.07) is 2.76. The number of anilines is 1. The Morgan fingerprint density at radius 3 is 2.88 bits per heavy atom. The van der Waals surface area contributed by atoms with Crippen LogP contribution in [-0.4, -0.2) is 16.9 Å². The van der Waals surface area contributed by atoms with Gasteiger partial charge in [-0.05, 0) is 24.5 Å². The highest BCUT2D eigenvalue weighted by Gasteiger charge is 2.14. The molecule has 3 N–H and O–H groups in total. The number of hydrogen-bond acceptors (Lipinski definition) is 3. The maximum absolute atomic E-state index is 11.7. The molecule has 1 aromatic heterocycles. The third kappa shape index (κ3) is 4.16. The largest absolute Gasteiger partial charge is 0.325 e. The van der Waals surface area contributed by atoms with Gasteiger partial charge in [0, 0.05) is 11.9 Å². The third-order valence-electron chi connectivity index (χ3n) is 2.06. The van der Waals surface area contributed by atoms with E-state index in [2.05, 4.69) is 10.3 Å². The summed E-state index contributed by atoms with van der Waals surface area (Å²) in [7, 11) is 0. The van der Waals surface area contributed by atoms with Crippen molar-refractivity contribution in [3.05, 3.63) is 23.5 Å². The SMILES string of the molecule is CC(C)C[C@@H](N)C(=O)Nc1ccnc(Cl)c1. The number of carbonyl (C=O) groups excluding carboxylic acids is 1. The van der Waals surface area contributed by atoms with Crippen LogP contribution in [0.25, 0.3) is 0 Å². The summed E-state index contributed by atoms with van der Waals surface area (Å²) in [5, 5.41) is 3.04. The van der Waals surface area contributed by atoms with Gasteiger partial charge in [-0.25, -0.2) is 4.98 Å². The molecule has 0 aliphatic rings. The molecular weight excluding hydrogens is 226 g/mol. The summed E-state index contributed by atoms with van der Waals surface area (Å²) < 4.78 is 0. The van der Waals surface area contributed by atoms with Gasteiger partial charge in [0.05, 0.1) is 6.04 Å². The second-order valence-electron chi connectivity index (χ2n) is 4.09. The molecule has 0 unspecified atom stereocenters. The van der Waals surface area contributed by atoms with E-state index >= 15 is 0 Å². The highest BCUT2D eigenvalue weighted by molar-refractivity contribution is 6.29. The van der Waals surface area contributed by atoms with Gasteiger partial charge in [-0.3, -0.25) is 4.79 Å². The first kappa shape index (κ1) is 12.9. The number of rotatable bonds is 4. The average Bonchev–Trinajstić information content (AvgIpc) is 2.16. The first-order valence-electron chi connectivity index (χ1n) is 5.17. The molecule has 4 nitrogen and oxygen atoms in total. The summed E-state index contributed by atoms with van der Waals surface area (Å²) in [6.07, 6.45) is 2.19. The Bertz CT molecular complexity index is 368. The number of nitrogens with one attached hydrogen (secondary N) is 1. The van der Waals surface area contributed by atoms with Crippen molar-refractivity contribution < 1.29 is 4.79 Å². The van der Waals surface area contributed by atoms with Gasteiger partial charge in [-0.15, -0.1) is 0 Å². The molecule has 0 radical (unpaired) electrons. The Morgan fingerprint density at radius 1 is 1.62 bits per heavy atom.